The minimum absolute atomic E-state index is 0.0377. The minimum atomic E-state index is -0.291. The number of rotatable bonds is 5. The van der Waals surface area contributed by atoms with Crippen LogP contribution in [0, 0.1) is 11.3 Å². The van der Waals surface area contributed by atoms with Crippen molar-refractivity contribution in [1.29, 1.82) is 5.26 Å². The van der Waals surface area contributed by atoms with Crippen molar-refractivity contribution in [1.82, 2.24) is 4.90 Å². The molecule has 1 heterocycles. The number of carbonyl (C=O) groups excluding carboxylic acids is 1. The molecule has 1 fully saturated rings. The van der Waals surface area contributed by atoms with Crippen LogP contribution in [0.4, 0.5) is 5.69 Å². The van der Waals surface area contributed by atoms with Crippen LogP contribution in [-0.2, 0) is 9.53 Å². The Morgan fingerprint density at radius 1 is 1.42 bits per heavy atom. The summed E-state index contributed by atoms with van der Waals surface area (Å²) in [6.07, 6.45) is 1.36. The number of anilines is 1. The number of hydrogen-bond donors (Lipinski definition) is 1. The maximum Gasteiger partial charge on any atom is 0.266 e. The highest BCUT2D eigenvalue weighted by Crippen LogP contribution is 2.24. The monoisotopic (exact) mass is 329 g/mol. The normalized spacial score (nSPS) is 21.1. The van der Waals surface area contributed by atoms with E-state index >= 15 is 0 Å². The average molecular weight is 329 g/mol. The first kappa shape index (κ1) is 17.8. The summed E-state index contributed by atoms with van der Waals surface area (Å²) in [5.74, 6) is 0.385. The zero-order valence-electron chi connectivity index (χ0n) is 14.3. The lowest BCUT2D eigenvalue weighted by atomic mass is 10.2. The number of hydrogen-bond acceptors (Lipinski definition) is 5. The van der Waals surface area contributed by atoms with Crippen LogP contribution < -0.4 is 10.1 Å². The van der Waals surface area contributed by atoms with Crippen molar-refractivity contribution in [3.05, 3.63) is 36.0 Å². The fourth-order valence-corrected chi connectivity index (χ4v) is 2.67. The van der Waals surface area contributed by atoms with Crippen LogP contribution in [0.5, 0.6) is 5.75 Å². The first-order valence-corrected chi connectivity index (χ1v) is 8.08. The van der Waals surface area contributed by atoms with E-state index in [2.05, 4.69) is 5.32 Å². The molecule has 1 aromatic carbocycles. The number of morpholine rings is 1. The van der Waals surface area contributed by atoms with Crippen LogP contribution in [0.2, 0.25) is 0 Å². The number of nitrogens with one attached hydrogen (secondary N) is 1. The van der Waals surface area contributed by atoms with E-state index in [1.54, 1.807) is 4.90 Å². The Kier molecular flexibility index (Phi) is 6.21. The predicted molar refractivity (Wildman–Crippen MR) is 91.5 cm³/mol. The highest BCUT2D eigenvalue weighted by molar-refractivity contribution is 5.97. The summed E-state index contributed by atoms with van der Waals surface area (Å²) in [5, 5.41) is 12.3. The number of carbonyl (C=O) groups is 1. The van der Waals surface area contributed by atoms with Gasteiger partial charge in [0.15, 0.2) is 0 Å². The molecule has 0 aliphatic carbocycles. The lowest BCUT2D eigenvalue weighted by molar-refractivity contribution is -0.138. The lowest BCUT2D eigenvalue weighted by Gasteiger charge is -2.35. The third kappa shape index (κ3) is 4.49. The summed E-state index contributed by atoms with van der Waals surface area (Å²) in [7, 11) is 0. The van der Waals surface area contributed by atoms with Crippen molar-refractivity contribution in [2.45, 2.75) is 33.0 Å². The van der Waals surface area contributed by atoms with Crippen molar-refractivity contribution >= 4 is 11.6 Å². The highest BCUT2D eigenvalue weighted by Gasteiger charge is 2.27. The van der Waals surface area contributed by atoms with E-state index < -0.39 is 0 Å². The van der Waals surface area contributed by atoms with Crippen LogP contribution in [0.25, 0.3) is 0 Å². The first-order chi connectivity index (χ1) is 11.5. The fraction of sp³-hybridized carbons (Fsp3) is 0.444. The summed E-state index contributed by atoms with van der Waals surface area (Å²) in [6.45, 7) is 7.24. The van der Waals surface area contributed by atoms with Gasteiger partial charge in [0.25, 0.3) is 5.91 Å². The zero-order valence-corrected chi connectivity index (χ0v) is 14.3. The van der Waals surface area contributed by atoms with Crippen molar-refractivity contribution in [2.75, 3.05) is 25.0 Å². The molecule has 0 radical (unpaired) electrons. The molecule has 1 amide bonds. The van der Waals surface area contributed by atoms with Gasteiger partial charge in [-0.25, -0.2) is 0 Å². The van der Waals surface area contributed by atoms with Crippen LogP contribution in [0.15, 0.2) is 36.0 Å². The van der Waals surface area contributed by atoms with Gasteiger partial charge < -0.3 is 19.7 Å². The van der Waals surface area contributed by atoms with Crippen LogP contribution in [0.1, 0.15) is 20.8 Å². The fourth-order valence-electron chi connectivity index (χ4n) is 2.67. The second-order valence-corrected chi connectivity index (χ2v) is 5.71. The summed E-state index contributed by atoms with van der Waals surface area (Å²) in [6, 6.07) is 9.37. The Morgan fingerprint density at radius 3 is 2.71 bits per heavy atom. The number of ether oxygens (including phenoxy) is 2. The second kappa shape index (κ2) is 8.37. The smallest absolute Gasteiger partial charge is 0.266 e. The standard InChI is InChI=1S/C18H23N3O3/c1-4-23-17-8-6-5-7-16(17)20-10-15(9-19)18(22)21-11-13(2)24-14(3)12-21/h5-8,10,13-14,20H,4,11-12H2,1-3H3/b15-10-. The predicted octanol–water partition coefficient (Wildman–Crippen LogP) is 2.54. The molecule has 0 saturated carbocycles. The topological polar surface area (TPSA) is 74.6 Å². The Hall–Kier alpha value is -2.52. The molecule has 0 aromatic heterocycles. The van der Waals surface area contributed by atoms with Gasteiger partial charge in [0.2, 0.25) is 0 Å². The largest absolute Gasteiger partial charge is 0.492 e. The van der Waals surface area contributed by atoms with E-state index in [-0.39, 0.29) is 23.7 Å². The summed E-state index contributed by atoms with van der Waals surface area (Å²) in [5.41, 5.74) is 0.770. The third-order valence-electron chi connectivity index (χ3n) is 3.62. The van der Waals surface area contributed by atoms with Crippen molar-refractivity contribution in [2.24, 2.45) is 0 Å². The Morgan fingerprint density at radius 2 is 2.08 bits per heavy atom. The van der Waals surface area contributed by atoms with Gasteiger partial charge in [-0.05, 0) is 32.9 Å². The number of benzene rings is 1. The molecule has 0 bridgehead atoms. The summed E-state index contributed by atoms with van der Waals surface area (Å²) in [4.78, 5) is 14.2. The molecular formula is C18H23N3O3. The van der Waals surface area contributed by atoms with Crippen LogP contribution >= 0.6 is 0 Å². The Labute approximate surface area is 142 Å². The Bertz CT molecular complexity index is 641. The molecule has 1 aromatic rings. The molecule has 2 atom stereocenters. The summed E-state index contributed by atoms with van der Waals surface area (Å²) >= 11 is 0. The molecule has 1 aliphatic rings. The summed E-state index contributed by atoms with van der Waals surface area (Å²) < 4.78 is 11.1. The van der Waals surface area contributed by atoms with Crippen molar-refractivity contribution < 1.29 is 14.3 Å². The molecular weight excluding hydrogens is 306 g/mol. The van der Waals surface area contributed by atoms with Crippen molar-refractivity contribution in [3.63, 3.8) is 0 Å². The van der Waals surface area contributed by atoms with Gasteiger partial charge in [-0.15, -0.1) is 0 Å². The maximum atomic E-state index is 12.6. The molecule has 1 saturated heterocycles. The van der Waals surface area contributed by atoms with Gasteiger partial charge in [-0.2, -0.15) is 5.26 Å². The molecule has 128 valence electrons. The second-order valence-electron chi connectivity index (χ2n) is 5.71. The first-order valence-electron chi connectivity index (χ1n) is 8.08. The lowest BCUT2D eigenvalue weighted by Crippen LogP contribution is -2.48. The molecule has 6 nitrogen and oxygen atoms in total. The minimum Gasteiger partial charge on any atom is -0.492 e. The maximum absolute atomic E-state index is 12.6. The molecule has 24 heavy (non-hydrogen) atoms. The van der Waals surface area contributed by atoms with Gasteiger partial charge in [-0.3, -0.25) is 4.79 Å². The number of para-hydroxylation sites is 2. The number of nitrogens with zero attached hydrogens (tertiary/aromatic N) is 2. The van der Waals surface area contributed by atoms with Gasteiger partial charge in [0.1, 0.15) is 17.4 Å². The average Bonchev–Trinajstić information content (AvgIpc) is 2.56. The molecule has 2 rings (SSSR count). The van der Waals surface area contributed by atoms with Gasteiger partial charge >= 0.3 is 0 Å². The molecule has 1 aliphatic heterocycles. The SMILES string of the molecule is CCOc1ccccc1N/C=C(/C#N)C(=O)N1CC(C)OC(C)C1. The van der Waals surface area contributed by atoms with Gasteiger partial charge in [0, 0.05) is 19.3 Å². The van der Waals surface area contributed by atoms with E-state index in [9.17, 15) is 10.1 Å². The quantitative estimate of drug-likeness (QED) is 0.664. The van der Waals surface area contributed by atoms with Crippen molar-refractivity contribution in [3.8, 4) is 11.8 Å². The molecule has 2 unspecified atom stereocenters. The third-order valence-corrected chi connectivity index (χ3v) is 3.62. The highest BCUT2D eigenvalue weighted by atomic mass is 16.5. The van der Waals surface area contributed by atoms with Crippen LogP contribution in [0.3, 0.4) is 0 Å². The molecule has 6 heteroatoms. The van der Waals surface area contributed by atoms with E-state index in [1.165, 1.54) is 6.20 Å². The van der Waals surface area contributed by atoms with E-state index in [4.69, 9.17) is 9.47 Å². The van der Waals surface area contributed by atoms with Crippen LogP contribution in [-0.4, -0.2) is 42.7 Å². The van der Waals surface area contributed by atoms with Gasteiger partial charge in [-0.1, -0.05) is 12.1 Å². The number of nitriles is 1. The van der Waals surface area contributed by atoms with E-state index in [1.807, 2.05) is 51.1 Å². The van der Waals surface area contributed by atoms with E-state index in [0.29, 0.717) is 31.1 Å². The van der Waals surface area contributed by atoms with E-state index in [0.717, 1.165) is 0 Å². The Balaban J connectivity index is 2.12. The number of amides is 1. The zero-order chi connectivity index (χ0) is 17.5. The van der Waals surface area contributed by atoms with Gasteiger partial charge in [0.05, 0.1) is 24.5 Å². The molecule has 1 N–H and O–H groups in total. The molecule has 0 spiro atoms.